The molecule has 0 atom stereocenters. The summed E-state index contributed by atoms with van der Waals surface area (Å²) in [5.41, 5.74) is 3.12. The van der Waals surface area contributed by atoms with Gasteiger partial charge in [-0.1, -0.05) is 30.3 Å². The van der Waals surface area contributed by atoms with Crippen molar-refractivity contribution < 1.29 is 9.53 Å². The summed E-state index contributed by atoms with van der Waals surface area (Å²) in [5.74, 6) is 0.0268. The van der Waals surface area contributed by atoms with Crippen LogP contribution in [0.4, 0.5) is 0 Å². The van der Waals surface area contributed by atoms with Crippen LogP contribution in [0.2, 0.25) is 0 Å². The summed E-state index contributed by atoms with van der Waals surface area (Å²) in [7, 11) is 0. The van der Waals surface area contributed by atoms with Crippen LogP contribution in [-0.2, 0) is 21.5 Å². The van der Waals surface area contributed by atoms with Gasteiger partial charge in [0.25, 0.3) is 0 Å². The fourth-order valence-corrected chi connectivity index (χ4v) is 4.23. The number of benzene rings is 1. The number of nitrogens with one attached hydrogen (secondary N) is 1. The molecule has 3 heterocycles. The van der Waals surface area contributed by atoms with Crippen LogP contribution in [0.1, 0.15) is 24.1 Å². The smallest absolute Gasteiger partial charge is 0.231 e. The maximum atomic E-state index is 13.3. The Bertz CT molecular complexity index is 891. The molecule has 1 aromatic carbocycles. The van der Waals surface area contributed by atoms with Crippen molar-refractivity contribution in [2.24, 2.45) is 0 Å². The lowest BCUT2D eigenvalue weighted by Gasteiger charge is -2.36. The number of ether oxygens (including phenoxy) is 1. The van der Waals surface area contributed by atoms with Gasteiger partial charge in [-0.05, 0) is 29.9 Å². The highest BCUT2D eigenvalue weighted by molar-refractivity contribution is 7.08. The molecule has 0 aliphatic carbocycles. The zero-order valence-corrected chi connectivity index (χ0v) is 15.7. The third kappa shape index (κ3) is 3.63. The molecule has 5 nitrogen and oxygen atoms in total. The molecule has 0 unspecified atom stereocenters. The highest BCUT2D eigenvalue weighted by Gasteiger charge is 2.41. The minimum Gasteiger partial charge on any atom is -0.381 e. The van der Waals surface area contributed by atoms with Gasteiger partial charge in [-0.25, -0.2) is 0 Å². The molecular formula is C21H21N3O2S. The van der Waals surface area contributed by atoms with E-state index in [-0.39, 0.29) is 5.91 Å². The average Bonchev–Trinajstić information content (AvgIpc) is 3.28. The highest BCUT2D eigenvalue weighted by Crippen LogP contribution is 2.35. The summed E-state index contributed by atoms with van der Waals surface area (Å²) < 4.78 is 5.53. The summed E-state index contributed by atoms with van der Waals surface area (Å²) in [6.45, 7) is 1.54. The molecule has 4 rings (SSSR count). The van der Waals surface area contributed by atoms with Gasteiger partial charge in [0, 0.05) is 36.6 Å². The second-order valence-electron chi connectivity index (χ2n) is 6.61. The first-order chi connectivity index (χ1) is 13.3. The second-order valence-corrected chi connectivity index (χ2v) is 7.39. The molecule has 0 radical (unpaired) electrons. The van der Waals surface area contributed by atoms with E-state index in [0.717, 1.165) is 22.5 Å². The van der Waals surface area contributed by atoms with Crippen LogP contribution in [0.5, 0.6) is 0 Å². The molecule has 0 saturated carbocycles. The molecule has 1 saturated heterocycles. The van der Waals surface area contributed by atoms with Crippen LogP contribution in [-0.4, -0.2) is 29.1 Å². The van der Waals surface area contributed by atoms with Crippen LogP contribution in [0, 0.1) is 0 Å². The van der Waals surface area contributed by atoms with E-state index in [1.807, 2.05) is 47.2 Å². The molecule has 0 bridgehead atoms. The monoisotopic (exact) mass is 379 g/mol. The van der Waals surface area contributed by atoms with Crippen LogP contribution in [0.3, 0.4) is 0 Å². The zero-order chi connectivity index (χ0) is 18.5. The molecule has 6 heteroatoms. The number of carbonyl (C=O) groups excluding carboxylic acids is 1. The number of hydrogen-bond donors (Lipinski definition) is 1. The topological polar surface area (TPSA) is 64.1 Å². The van der Waals surface area contributed by atoms with Gasteiger partial charge in [0.2, 0.25) is 5.91 Å². The van der Waals surface area contributed by atoms with E-state index in [9.17, 15) is 4.79 Å². The molecule has 0 spiro atoms. The number of carbonyl (C=O) groups is 1. The van der Waals surface area contributed by atoms with Gasteiger partial charge < -0.3 is 10.1 Å². The van der Waals surface area contributed by atoms with E-state index in [0.29, 0.717) is 32.6 Å². The van der Waals surface area contributed by atoms with Gasteiger partial charge in [0.05, 0.1) is 23.3 Å². The SMILES string of the molecule is O=C(NCc1nccnc1-c1ccsc1)C1(c2ccccc2)CCOCC1. The molecule has 3 aromatic rings. The van der Waals surface area contributed by atoms with Crippen molar-refractivity contribution >= 4 is 17.2 Å². The molecule has 1 amide bonds. The Labute approximate surface area is 162 Å². The van der Waals surface area contributed by atoms with Crippen molar-refractivity contribution in [2.75, 3.05) is 13.2 Å². The fourth-order valence-electron chi connectivity index (χ4n) is 3.59. The third-order valence-corrected chi connectivity index (χ3v) is 5.78. The van der Waals surface area contributed by atoms with Crippen molar-refractivity contribution in [3.63, 3.8) is 0 Å². The van der Waals surface area contributed by atoms with Crippen molar-refractivity contribution in [3.05, 3.63) is 70.8 Å². The Hall–Kier alpha value is -2.57. The largest absolute Gasteiger partial charge is 0.381 e. The number of rotatable bonds is 5. The molecule has 1 aliphatic rings. The lowest BCUT2D eigenvalue weighted by Crippen LogP contribution is -2.47. The van der Waals surface area contributed by atoms with Gasteiger partial charge in [-0.3, -0.25) is 14.8 Å². The Kier molecular flexibility index (Phi) is 5.27. The van der Waals surface area contributed by atoms with E-state index >= 15 is 0 Å². The number of thiophene rings is 1. The predicted octanol–water partition coefficient (Wildman–Crippen LogP) is 3.57. The van der Waals surface area contributed by atoms with E-state index in [1.54, 1.807) is 23.7 Å². The fraction of sp³-hybridized carbons (Fsp3) is 0.286. The van der Waals surface area contributed by atoms with Crippen molar-refractivity contribution in [1.82, 2.24) is 15.3 Å². The Morgan fingerprint density at radius 2 is 1.89 bits per heavy atom. The van der Waals surface area contributed by atoms with E-state index in [2.05, 4.69) is 15.3 Å². The first kappa shape index (κ1) is 17.8. The Morgan fingerprint density at radius 3 is 2.63 bits per heavy atom. The standard InChI is InChI=1S/C21H21N3O2S/c25-20(21(7-11-26-12-8-21)17-4-2-1-3-5-17)24-14-18-19(23-10-9-22-18)16-6-13-27-15-16/h1-6,9-10,13,15H,7-8,11-12,14H2,(H,24,25). The van der Waals surface area contributed by atoms with Crippen molar-refractivity contribution in [3.8, 4) is 11.3 Å². The second kappa shape index (κ2) is 7.98. The molecule has 138 valence electrons. The maximum Gasteiger partial charge on any atom is 0.231 e. The molecule has 27 heavy (non-hydrogen) atoms. The minimum absolute atomic E-state index is 0.0268. The summed E-state index contributed by atoms with van der Waals surface area (Å²) >= 11 is 1.62. The van der Waals surface area contributed by atoms with Crippen LogP contribution >= 0.6 is 11.3 Å². The van der Waals surface area contributed by atoms with Gasteiger partial charge >= 0.3 is 0 Å². The number of nitrogens with zero attached hydrogens (tertiary/aromatic N) is 2. The summed E-state index contributed by atoms with van der Waals surface area (Å²) in [6, 6.07) is 12.0. The zero-order valence-electron chi connectivity index (χ0n) is 14.9. The minimum atomic E-state index is -0.551. The van der Waals surface area contributed by atoms with Gasteiger partial charge in [-0.15, -0.1) is 0 Å². The summed E-state index contributed by atoms with van der Waals surface area (Å²) in [5, 5.41) is 7.17. The molecule has 2 aromatic heterocycles. The molecule has 1 fully saturated rings. The van der Waals surface area contributed by atoms with E-state index < -0.39 is 5.41 Å². The molecule has 1 aliphatic heterocycles. The van der Waals surface area contributed by atoms with E-state index in [1.165, 1.54) is 0 Å². The van der Waals surface area contributed by atoms with Gasteiger partial charge in [0.15, 0.2) is 0 Å². The molecular weight excluding hydrogens is 358 g/mol. The van der Waals surface area contributed by atoms with Crippen molar-refractivity contribution in [1.29, 1.82) is 0 Å². The first-order valence-corrected chi connectivity index (χ1v) is 9.98. The maximum absolute atomic E-state index is 13.3. The molecule has 1 N–H and O–H groups in total. The van der Waals surface area contributed by atoms with Crippen LogP contribution < -0.4 is 5.32 Å². The average molecular weight is 379 g/mol. The Balaban J connectivity index is 1.57. The summed E-state index contributed by atoms with van der Waals surface area (Å²) in [6.07, 6.45) is 4.71. The predicted molar refractivity (Wildman–Crippen MR) is 105 cm³/mol. The Morgan fingerprint density at radius 1 is 1.11 bits per heavy atom. The van der Waals surface area contributed by atoms with Crippen molar-refractivity contribution in [2.45, 2.75) is 24.8 Å². The van der Waals surface area contributed by atoms with Gasteiger partial charge in [-0.2, -0.15) is 11.3 Å². The number of amides is 1. The van der Waals surface area contributed by atoms with Crippen LogP contribution in [0.25, 0.3) is 11.3 Å². The van der Waals surface area contributed by atoms with Gasteiger partial charge in [0.1, 0.15) is 0 Å². The number of hydrogen-bond acceptors (Lipinski definition) is 5. The number of aromatic nitrogens is 2. The van der Waals surface area contributed by atoms with Crippen LogP contribution in [0.15, 0.2) is 59.6 Å². The lowest BCUT2D eigenvalue weighted by atomic mass is 9.73. The third-order valence-electron chi connectivity index (χ3n) is 5.09. The quantitative estimate of drug-likeness (QED) is 0.736. The first-order valence-electron chi connectivity index (χ1n) is 9.04. The lowest BCUT2D eigenvalue weighted by molar-refractivity contribution is -0.130. The normalized spacial score (nSPS) is 16.0. The van der Waals surface area contributed by atoms with E-state index in [4.69, 9.17) is 4.74 Å². The highest BCUT2D eigenvalue weighted by atomic mass is 32.1. The summed E-state index contributed by atoms with van der Waals surface area (Å²) in [4.78, 5) is 22.2.